The molecule has 1 aromatic carbocycles. The molecule has 0 saturated carbocycles. The Morgan fingerprint density at radius 2 is 1.90 bits per heavy atom. The number of carboxylic acids is 1. The van der Waals surface area contributed by atoms with Gasteiger partial charge < -0.3 is 10.0 Å². The van der Waals surface area contributed by atoms with Crippen LogP contribution in [0.2, 0.25) is 0 Å². The molecule has 3 rings (SSSR count). The molecule has 2 heterocycles. The average molecular weight is 424 g/mol. The van der Waals surface area contributed by atoms with Gasteiger partial charge in [-0.05, 0) is 31.2 Å². The zero-order chi connectivity index (χ0) is 21.1. The molecule has 0 aromatic heterocycles. The quantitative estimate of drug-likeness (QED) is 0.647. The molecule has 2 aliphatic heterocycles. The highest BCUT2D eigenvalue weighted by Crippen LogP contribution is 2.34. The van der Waals surface area contributed by atoms with Crippen LogP contribution < -0.4 is 5.32 Å². The predicted molar refractivity (Wildman–Crippen MR) is 109 cm³/mol. The minimum absolute atomic E-state index is 0.123. The summed E-state index contributed by atoms with van der Waals surface area (Å²) in [6.45, 7) is 2.12. The number of carboxylic acid groups (broad SMARTS) is 1. The van der Waals surface area contributed by atoms with Crippen molar-refractivity contribution in [1.29, 1.82) is 0 Å². The van der Waals surface area contributed by atoms with E-state index in [1.807, 2.05) is 37.3 Å². The molecule has 1 atom stereocenters. The van der Waals surface area contributed by atoms with Gasteiger partial charge in [-0.2, -0.15) is 0 Å². The van der Waals surface area contributed by atoms with E-state index in [2.05, 4.69) is 5.32 Å². The molecule has 1 unspecified atom stereocenters. The Hall–Kier alpha value is -1.97. The van der Waals surface area contributed by atoms with Crippen LogP contribution in [-0.2, 0) is 26.0 Å². The standard InChI is InChI=1S/C20H29N3O5S/c1-2-3-13-29(27,28)22-11-9-20(10-12-22)21-17(14-16-7-5-4-6-8-16)19(26)23(20)15-18(24)25/h4-8,17,21H,2-3,9-15H2,1H3,(H,24,25). The van der Waals surface area contributed by atoms with Gasteiger partial charge in [0.2, 0.25) is 15.9 Å². The second-order valence-electron chi connectivity index (χ2n) is 7.80. The van der Waals surface area contributed by atoms with Gasteiger partial charge in [-0.25, -0.2) is 12.7 Å². The summed E-state index contributed by atoms with van der Waals surface area (Å²) < 4.78 is 26.5. The molecule has 29 heavy (non-hydrogen) atoms. The monoisotopic (exact) mass is 423 g/mol. The topological polar surface area (TPSA) is 107 Å². The number of nitrogens with one attached hydrogen (secondary N) is 1. The van der Waals surface area contributed by atoms with Crippen molar-refractivity contribution in [3.63, 3.8) is 0 Å². The summed E-state index contributed by atoms with van der Waals surface area (Å²) in [5.74, 6) is -1.19. The van der Waals surface area contributed by atoms with Gasteiger partial charge >= 0.3 is 5.97 Å². The number of amides is 1. The van der Waals surface area contributed by atoms with Crippen molar-refractivity contribution in [2.45, 2.75) is 50.7 Å². The summed E-state index contributed by atoms with van der Waals surface area (Å²) in [7, 11) is -3.32. The second-order valence-corrected chi connectivity index (χ2v) is 9.89. The van der Waals surface area contributed by atoms with Crippen LogP contribution in [0.5, 0.6) is 0 Å². The van der Waals surface area contributed by atoms with Gasteiger partial charge in [-0.3, -0.25) is 14.9 Å². The second kappa shape index (κ2) is 8.81. The van der Waals surface area contributed by atoms with E-state index < -0.39 is 27.7 Å². The Kier molecular flexibility index (Phi) is 6.60. The largest absolute Gasteiger partial charge is 0.480 e. The summed E-state index contributed by atoms with van der Waals surface area (Å²) in [4.78, 5) is 25.8. The SMILES string of the molecule is CCCCS(=O)(=O)N1CCC2(CC1)NC(Cc1ccccc1)C(=O)N2CC(=O)O. The van der Waals surface area contributed by atoms with E-state index >= 15 is 0 Å². The molecular formula is C20H29N3O5S. The minimum atomic E-state index is -3.32. The van der Waals surface area contributed by atoms with Crippen molar-refractivity contribution in [3.8, 4) is 0 Å². The lowest BCUT2D eigenvalue weighted by atomic mass is 9.97. The average Bonchev–Trinajstić information content (AvgIpc) is 2.92. The first kappa shape index (κ1) is 21.7. The molecule has 8 nitrogen and oxygen atoms in total. The van der Waals surface area contributed by atoms with Gasteiger partial charge in [-0.1, -0.05) is 43.7 Å². The number of carbonyl (C=O) groups excluding carboxylic acids is 1. The van der Waals surface area contributed by atoms with Crippen LogP contribution in [0.3, 0.4) is 0 Å². The molecule has 0 radical (unpaired) electrons. The zero-order valence-electron chi connectivity index (χ0n) is 16.7. The molecule has 2 N–H and O–H groups in total. The maximum absolute atomic E-state index is 13.0. The van der Waals surface area contributed by atoms with Crippen LogP contribution in [0.15, 0.2) is 30.3 Å². The van der Waals surface area contributed by atoms with Crippen molar-refractivity contribution in [3.05, 3.63) is 35.9 Å². The zero-order valence-corrected chi connectivity index (χ0v) is 17.5. The Morgan fingerprint density at radius 1 is 1.24 bits per heavy atom. The van der Waals surface area contributed by atoms with Crippen LogP contribution in [0.4, 0.5) is 0 Å². The van der Waals surface area contributed by atoms with Crippen molar-refractivity contribution >= 4 is 21.9 Å². The highest BCUT2D eigenvalue weighted by molar-refractivity contribution is 7.89. The van der Waals surface area contributed by atoms with Crippen LogP contribution in [0.1, 0.15) is 38.2 Å². The number of rotatable bonds is 8. The molecule has 2 saturated heterocycles. The van der Waals surface area contributed by atoms with Gasteiger partial charge in [0.05, 0.1) is 17.5 Å². The van der Waals surface area contributed by atoms with E-state index in [0.717, 1.165) is 12.0 Å². The third kappa shape index (κ3) is 4.79. The van der Waals surface area contributed by atoms with E-state index in [9.17, 15) is 23.1 Å². The Morgan fingerprint density at radius 3 is 2.48 bits per heavy atom. The lowest BCUT2D eigenvalue weighted by Gasteiger charge is -2.43. The molecule has 160 valence electrons. The molecule has 2 fully saturated rings. The third-order valence-corrected chi connectivity index (χ3v) is 7.76. The van der Waals surface area contributed by atoms with E-state index in [1.54, 1.807) is 0 Å². The molecule has 1 amide bonds. The van der Waals surface area contributed by atoms with Crippen molar-refractivity contribution < 1.29 is 23.1 Å². The number of carbonyl (C=O) groups is 2. The van der Waals surface area contributed by atoms with Crippen LogP contribution in [0, 0.1) is 0 Å². The molecule has 1 spiro atoms. The van der Waals surface area contributed by atoms with Crippen LogP contribution in [0.25, 0.3) is 0 Å². The Labute approximate surface area is 171 Å². The van der Waals surface area contributed by atoms with Crippen molar-refractivity contribution in [2.24, 2.45) is 0 Å². The maximum atomic E-state index is 13.0. The first-order valence-corrected chi connectivity index (χ1v) is 11.7. The number of sulfonamides is 1. The first-order chi connectivity index (χ1) is 13.8. The molecule has 0 bridgehead atoms. The van der Waals surface area contributed by atoms with Crippen molar-refractivity contribution in [2.75, 3.05) is 25.4 Å². The smallest absolute Gasteiger partial charge is 0.323 e. The number of aliphatic carboxylic acids is 1. The number of nitrogens with zero attached hydrogens (tertiary/aromatic N) is 2. The summed E-state index contributed by atoms with van der Waals surface area (Å²) in [5, 5.41) is 12.7. The van der Waals surface area contributed by atoms with Crippen LogP contribution >= 0.6 is 0 Å². The lowest BCUT2D eigenvalue weighted by molar-refractivity contribution is -0.147. The minimum Gasteiger partial charge on any atom is -0.480 e. The fourth-order valence-electron chi connectivity index (χ4n) is 4.22. The van der Waals surface area contributed by atoms with E-state index in [1.165, 1.54) is 9.21 Å². The number of benzene rings is 1. The Balaban J connectivity index is 1.75. The van der Waals surface area contributed by atoms with E-state index in [4.69, 9.17) is 0 Å². The molecular weight excluding hydrogens is 394 g/mol. The lowest BCUT2D eigenvalue weighted by Crippen LogP contribution is -2.60. The van der Waals surface area contributed by atoms with E-state index in [-0.39, 0.29) is 31.3 Å². The fraction of sp³-hybridized carbons (Fsp3) is 0.600. The van der Waals surface area contributed by atoms with Gasteiger partial charge in [0.1, 0.15) is 6.54 Å². The molecule has 2 aliphatic rings. The first-order valence-electron chi connectivity index (χ1n) is 10.1. The van der Waals surface area contributed by atoms with Gasteiger partial charge in [0, 0.05) is 13.1 Å². The number of hydrogen-bond acceptors (Lipinski definition) is 5. The Bertz CT molecular complexity index is 835. The molecule has 1 aromatic rings. The predicted octanol–water partition coefficient (Wildman–Crippen LogP) is 1.04. The summed E-state index contributed by atoms with van der Waals surface area (Å²) >= 11 is 0. The highest BCUT2D eigenvalue weighted by Gasteiger charge is 2.52. The molecule has 0 aliphatic carbocycles. The van der Waals surface area contributed by atoms with Crippen LogP contribution in [-0.4, -0.2) is 71.7 Å². The normalized spacial score (nSPS) is 22.3. The summed E-state index contributed by atoms with van der Waals surface area (Å²) in [5.41, 5.74) is 0.177. The summed E-state index contributed by atoms with van der Waals surface area (Å²) in [6, 6.07) is 9.06. The number of hydrogen-bond donors (Lipinski definition) is 2. The highest BCUT2D eigenvalue weighted by atomic mass is 32.2. The van der Waals surface area contributed by atoms with Gasteiger partial charge in [0.25, 0.3) is 0 Å². The fourth-order valence-corrected chi connectivity index (χ4v) is 5.87. The molecule has 9 heteroatoms. The maximum Gasteiger partial charge on any atom is 0.323 e. The van der Waals surface area contributed by atoms with Gasteiger partial charge in [-0.15, -0.1) is 0 Å². The van der Waals surface area contributed by atoms with Gasteiger partial charge in [0.15, 0.2) is 0 Å². The number of unbranched alkanes of at least 4 members (excludes halogenated alkanes) is 1. The third-order valence-electron chi connectivity index (χ3n) is 5.80. The van der Waals surface area contributed by atoms with E-state index in [0.29, 0.717) is 25.7 Å². The van der Waals surface area contributed by atoms with Crippen molar-refractivity contribution in [1.82, 2.24) is 14.5 Å². The summed E-state index contributed by atoms with van der Waals surface area (Å²) in [6.07, 6.45) is 2.65. The number of piperidine rings is 1.